The number of benzene rings is 2. The van der Waals surface area contributed by atoms with Gasteiger partial charge in [-0.15, -0.1) is 0 Å². The molecule has 0 aliphatic heterocycles. The molecule has 0 saturated carbocycles. The van der Waals surface area contributed by atoms with Crippen LogP contribution in [0.5, 0.6) is 0 Å². The van der Waals surface area contributed by atoms with Crippen molar-refractivity contribution in [1.82, 2.24) is 15.3 Å². The first-order chi connectivity index (χ1) is 10.8. The Morgan fingerprint density at radius 2 is 1.95 bits per heavy atom. The van der Waals surface area contributed by atoms with Crippen molar-refractivity contribution in [2.24, 2.45) is 0 Å². The first-order valence-electron chi connectivity index (χ1n) is 6.75. The van der Waals surface area contributed by atoms with Crippen molar-refractivity contribution in [2.75, 3.05) is 0 Å². The third kappa shape index (κ3) is 2.91. The highest BCUT2D eigenvalue weighted by molar-refractivity contribution is 5.94. The van der Waals surface area contributed by atoms with Crippen LogP contribution in [0, 0.1) is 11.3 Å². The van der Waals surface area contributed by atoms with Gasteiger partial charge in [-0.1, -0.05) is 18.2 Å². The Morgan fingerprint density at radius 3 is 2.77 bits per heavy atom. The highest BCUT2D eigenvalue weighted by Gasteiger charge is 2.07. The number of carbonyl (C=O) groups excluding carboxylic acids is 1. The summed E-state index contributed by atoms with van der Waals surface area (Å²) >= 11 is 0. The van der Waals surface area contributed by atoms with E-state index in [2.05, 4.69) is 15.3 Å². The van der Waals surface area contributed by atoms with Gasteiger partial charge in [-0.05, 0) is 30.3 Å². The third-order valence-electron chi connectivity index (χ3n) is 3.18. The molecule has 0 saturated heterocycles. The maximum atomic E-state index is 12.1. The van der Waals surface area contributed by atoms with Crippen LogP contribution in [0.1, 0.15) is 21.6 Å². The summed E-state index contributed by atoms with van der Waals surface area (Å²) in [6.45, 7) is 0.285. The second-order valence-corrected chi connectivity index (χ2v) is 4.73. The van der Waals surface area contributed by atoms with Gasteiger partial charge in [0.1, 0.15) is 0 Å². The summed E-state index contributed by atoms with van der Waals surface area (Å²) < 4.78 is 0. The van der Waals surface area contributed by atoms with Gasteiger partial charge in [0, 0.05) is 5.56 Å². The molecule has 5 heteroatoms. The van der Waals surface area contributed by atoms with Crippen LogP contribution in [0.3, 0.4) is 0 Å². The fraction of sp³-hybridized carbons (Fsp3) is 0.0588. The molecule has 1 heterocycles. The molecule has 0 fully saturated rings. The monoisotopic (exact) mass is 288 g/mol. The molecule has 3 rings (SSSR count). The summed E-state index contributed by atoms with van der Waals surface area (Å²) in [5.74, 6) is -0.243. The molecule has 0 spiro atoms. The average Bonchev–Trinajstić information content (AvgIpc) is 2.59. The molecule has 0 atom stereocenters. The lowest BCUT2D eigenvalue weighted by atomic mass is 10.1. The highest BCUT2D eigenvalue weighted by Crippen LogP contribution is 2.09. The summed E-state index contributed by atoms with van der Waals surface area (Å²) in [5.41, 5.74) is 3.20. The average molecular weight is 288 g/mol. The molecule has 0 aliphatic carbocycles. The van der Waals surface area contributed by atoms with Crippen LogP contribution in [-0.4, -0.2) is 15.9 Å². The molecule has 1 amide bonds. The van der Waals surface area contributed by atoms with Gasteiger partial charge in [-0.25, -0.2) is 4.98 Å². The molecule has 2 aromatic carbocycles. The van der Waals surface area contributed by atoms with Crippen LogP contribution in [0.4, 0.5) is 0 Å². The van der Waals surface area contributed by atoms with Gasteiger partial charge in [0.2, 0.25) is 0 Å². The zero-order valence-corrected chi connectivity index (χ0v) is 11.7. The van der Waals surface area contributed by atoms with Crippen molar-refractivity contribution in [3.63, 3.8) is 0 Å². The number of rotatable bonds is 3. The third-order valence-corrected chi connectivity index (χ3v) is 3.18. The van der Waals surface area contributed by atoms with Crippen LogP contribution in [0.15, 0.2) is 54.7 Å². The molecule has 3 aromatic rings. The Morgan fingerprint density at radius 1 is 1.14 bits per heavy atom. The molecule has 1 aromatic heterocycles. The van der Waals surface area contributed by atoms with Gasteiger partial charge in [-0.3, -0.25) is 9.78 Å². The lowest BCUT2D eigenvalue weighted by Gasteiger charge is -2.06. The van der Waals surface area contributed by atoms with Crippen LogP contribution in [0.2, 0.25) is 0 Å². The van der Waals surface area contributed by atoms with Crippen molar-refractivity contribution in [3.8, 4) is 6.07 Å². The number of hydrogen-bond donors (Lipinski definition) is 1. The largest absolute Gasteiger partial charge is 0.346 e. The Bertz CT molecular complexity index is 883. The van der Waals surface area contributed by atoms with Gasteiger partial charge < -0.3 is 5.32 Å². The smallest absolute Gasteiger partial charge is 0.251 e. The molecule has 0 radical (unpaired) electrons. The molecule has 0 bridgehead atoms. The number of carbonyl (C=O) groups is 1. The zero-order chi connectivity index (χ0) is 15.4. The summed E-state index contributed by atoms with van der Waals surface area (Å²) in [7, 11) is 0. The van der Waals surface area contributed by atoms with Crippen LogP contribution >= 0.6 is 0 Å². The van der Waals surface area contributed by atoms with E-state index >= 15 is 0 Å². The van der Waals surface area contributed by atoms with Crippen LogP contribution in [0.25, 0.3) is 11.0 Å². The second kappa shape index (κ2) is 6.02. The fourth-order valence-electron chi connectivity index (χ4n) is 2.08. The van der Waals surface area contributed by atoms with Crippen molar-refractivity contribution in [3.05, 3.63) is 71.5 Å². The first kappa shape index (κ1) is 13.7. The van der Waals surface area contributed by atoms with Crippen LogP contribution in [-0.2, 0) is 6.54 Å². The lowest BCUT2D eigenvalue weighted by Crippen LogP contribution is -2.23. The number of nitriles is 1. The minimum absolute atomic E-state index is 0.243. The maximum absolute atomic E-state index is 12.1. The van der Waals surface area contributed by atoms with E-state index in [1.54, 1.807) is 30.5 Å². The molecular formula is C17H12N4O. The number of nitrogens with zero attached hydrogens (tertiary/aromatic N) is 3. The molecular weight excluding hydrogens is 276 g/mol. The van der Waals surface area contributed by atoms with Crippen molar-refractivity contribution in [2.45, 2.75) is 6.54 Å². The first-order valence-corrected chi connectivity index (χ1v) is 6.75. The zero-order valence-electron chi connectivity index (χ0n) is 11.7. The molecule has 0 unspecified atom stereocenters. The Hall–Kier alpha value is -3.26. The standard InChI is InChI=1S/C17H12N4O/c18-9-12-4-3-5-13(8-12)17(22)20-11-14-10-19-15-6-1-2-7-16(15)21-14/h1-8,10H,11H2,(H,20,22). The van der Waals surface area contributed by atoms with E-state index in [4.69, 9.17) is 5.26 Å². The number of nitrogens with one attached hydrogen (secondary N) is 1. The van der Waals surface area contributed by atoms with Gasteiger partial charge in [-0.2, -0.15) is 5.26 Å². The van der Waals surface area contributed by atoms with E-state index < -0.39 is 0 Å². The number of amides is 1. The summed E-state index contributed by atoms with van der Waals surface area (Å²) in [4.78, 5) is 20.8. The highest BCUT2D eigenvalue weighted by atomic mass is 16.1. The Kier molecular flexibility index (Phi) is 3.75. The van der Waals surface area contributed by atoms with Gasteiger partial charge in [0.25, 0.3) is 5.91 Å². The molecule has 5 nitrogen and oxygen atoms in total. The summed E-state index contributed by atoms with van der Waals surface area (Å²) in [5, 5.41) is 11.6. The van der Waals surface area contributed by atoms with E-state index in [0.29, 0.717) is 16.8 Å². The quantitative estimate of drug-likeness (QED) is 0.802. The maximum Gasteiger partial charge on any atom is 0.251 e. The van der Waals surface area contributed by atoms with E-state index in [1.807, 2.05) is 30.3 Å². The van der Waals surface area contributed by atoms with Crippen molar-refractivity contribution < 1.29 is 4.79 Å². The predicted octanol–water partition coefficient (Wildman–Crippen LogP) is 2.43. The van der Waals surface area contributed by atoms with Crippen molar-refractivity contribution in [1.29, 1.82) is 5.26 Å². The van der Waals surface area contributed by atoms with Gasteiger partial charge in [0.15, 0.2) is 0 Å². The van der Waals surface area contributed by atoms with Gasteiger partial charge >= 0.3 is 0 Å². The molecule has 106 valence electrons. The van der Waals surface area contributed by atoms with Gasteiger partial charge in [0.05, 0.1) is 41.1 Å². The SMILES string of the molecule is N#Cc1cccc(C(=O)NCc2cnc3ccccc3n2)c1. The number of para-hydroxylation sites is 2. The van der Waals surface area contributed by atoms with E-state index in [0.717, 1.165) is 11.0 Å². The molecule has 22 heavy (non-hydrogen) atoms. The van der Waals surface area contributed by atoms with E-state index in [1.165, 1.54) is 0 Å². The summed E-state index contributed by atoms with van der Waals surface area (Å²) in [6.07, 6.45) is 1.65. The van der Waals surface area contributed by atoms with E-state index in [-0.39, 0.29) is 12.5 Å². The number of fused-ring (bicyclic) bond motifs is 1. The van der Waals surface area contributed by atoms with E-state index in [9.17, 15) is 4.79 Å². The Balaban J connectivity index is 1.73. The normalized spacial score (nSPS) is 10.1. The second-order valence-electron chi connectivity index (χ2n) is 4.73. The summed E-state index contributed by atoms with van der Waals surface area (Å²) in [6, 6.07) is 16.1. The molecule has 0 aliphatic rings. The Labute approximate surface area is 127 Å². The van der Waals surface area contributed by atoms with Crippen molar-refractivity contribution >= 4 is 16.9 Å². The minimum atomic E-state index is -0.243. The number of aromatic nitrogens is 2. The minimum Gasteiger partial charge on any atom is -0.346 e. The number of hydrogen-bond acceptors (Lipinski definition) is 4. The predicted molar refractivity (Wildman–Crippen MR) is 81.9 cm³/mol. The lowest BCUT2D eigenvalue weighted by molar-refractivity contribution is 0.0950. The topological polar surface area (TPSA) is 78.7 Å². The van der Waals surface area contributed by atoms with Crippen LogP contribution < -0.4 is 5.32 Å². The fourth-order valence-corrected chi connectivity index (χ4v) is 2.08. The molecule has 1 N–H and O–H groups in total.